The van der Waals surface area contributed by atoms with Gasteiger partial charge in [-0.25, -0.2) is 5.43 Å². The third-order valence-electron chi connectivity index (χ3n) is 3.68. The van der Waals surface area contributed by atoms with Crippen molar-refractivity contribution in [2.24, 2.45) is 5.10 Å². The van der Waals surface area contributed by atoms with Gasteiger partial charge >= 0.3 is 0 Å². The van der Waals surface area contributed by atoms with Gasteiger partial charge in [0, 0.05) is 18.5 Å². The molecule has 0 saturated carbocycles. The number of amides is 2. The summed E-state index contributed by atoms with van der Waals surface area (Å²) in [4.78, 5) is 23.5. The predicted octanol–water partition coefficient (Wildman–Crippen LogP) is 2.83. The summed E-state index contributed by atoms with van der Waals surface area (Å²) in [6.45, 7) is 0.588. The summed E-state index contributed by atoms with van der Waals surface area (Å²) in [6.07, 6.45) is 4.26. The molecule has 0 unspecified atom stereocenters. The van der Waals surface area contributed by atoms with Crippen molar-refractivity contribution in [2.75, 3.05) is 6.54 Å². The maximum Gasteiger partial charge on any atom is 0.251 e. The zero-order valence-electron chi connectivity index (χ0n) is 14.5. The second-order valence-electron chi connectivity index (χ2n) is 5.82. The van der Waals surface area contributed by atoms with Crippen LogP contribution in [0.15, 0.2) is 59.7 Å². The van der Waals surface area contributed by atoms with E-state index in [0.29, 0.717) is 24.1 Å². The number of nitrogens with zero attached hydrogens (tertiary/aromatic N) is 1. The van der Waals surface area contributed by atoms with E-state index in [0.717, 1.165) is 19.3 Å². The number of phenolic OH excluding ortho intramolecular Hbond substituents is 1. The number of hydrogen-bond acceptors (Lipinski definition) is 4. The number of aromatic hydroxyl groups is 1. The lowest BCUT2D eigenvalue weighted by atomic mass is 10.2. The number of carbonyl (C=O) groups excluding carboxylic acids is 2. The first kappa shape index (κ1) is 19.2. The van der Waals surface area contributed by atoms with Gasteiger partial charge in [0.2, 0.25) is 5.91 Å². The lowest BCUT2D eigenvalue weighted by Gasteiger charge is -2.05. The van der Waals surface area contributed by atoms with E-state index in [4.69, 9.17) is 0 Å². The van der Waals surface area contributed by atoms with Crippen molar-refractivity contribution >= 4 is 18.0 Å². The van der Waals surface area contributed by atoms with E-state index in [2.05, 4.69) is 15.8 Å². The van der Waals surface area contributed by atoms with Crippen LogP contribution in [0.1, 0.15) is 41.6 Å². The van der Waals surface area contributed by atoms with Gasteiger partial charge in [-0.2, -0.15) is 5.10 Å². The first-order valence-corrected chi connectivity index (χ1v) is 8.59. The molecule has 26 heavy (non-hydrogen) atoms. The molecule has 0 aliphatic carbocycles. The van der Waals surface area contributed by atoms with Crippen LogP contribution in [0, 0.1) is 0 Å². The van der Waals surface area contributed by atoms with Gasteiger partial charge < -0.3 is 10.4 Å². The number of phenols is 1. The number of unbranched alkanes of at least 4 members (excludes halogenated alkanes) is 2. The molecule has 2 aromatic carbocycles. The van der Waals surface area contributed by atoms with Crippen LogP contribution in [0.3, 0.4) is 0 Å². The Labute approximate surface area is 152 Å². The van der Waals surface area contributed by atoms with Crippen molar-refractivity contribution < 1.29 is 14.7 Å². The van der Waals surface area contributed by atoms with Gasteiger partial charge in [-0.05, 0) is 42.7 Å². The lowest BCUT2D eigenvalue weighted by Crippen LogP contribution is -2.24. The highest BCUT2D eigenvalue weighted by atomic mass is 16.3. The molecule has 2 aromatic rings. The summed E-state index contributed by atoms with van der Waals surface area (Å²) in [5.41, 5.74) is 3.82. The Kier molecular flexibility index (Phi) is 7.86. The highest BCUT2D eigenvalue weighted by molar-refractivity contribution is 5.94. The monoisotopic (exact) mass is 353 g/mol. The van der Waals surface area contributed by atoms with Crippen LogP contribution in [0.5, 0.6) is 5.75 Å². The maximum absolute atomic E-state index is 11.8. The quantitative estimate of drug-likeness (QED) is 0.368. The van der Waals surface area contributed by atoms with Crippen LogP contribution < -0.4 is 10.7 Å². The van der Waals surface area contributed by atoms with Gasteiger partial charge in [-0.3, -0.25) is 9.59 Å². The van der Waals surface area contributed by atoms with Crippen LogP contribution in [0.25, 0.3) is 0 Å². The molecule has 2 rings (SSSR count). The molecule has 2 amide bonds. The molecule has 136 valence electrons. The fourth-order valence-electron chi connectivity index (χ4n) is 2.32. The normalized spacial score (nSPS) is 10.6. The Morgan fingerprint density at radius 1 is 1.00 bits per heavy atom. The summed E-state index contributed by atoms with van der Waals surface area (Å²) in [6, 6.07) is 15.7. The highest BCUT2D eigenvalue weighted by Crippen LogP contribution is 2.08. The van der Waals surface area contributed by atoms with E-state index in [9.17, 15) is 14.7 Å². The molecular weight excluding hydrogens is 330 g/mol. The van der Waals surface area contributed by atoms with Gasteiger partial charge in [-0.1, -0.05) is 36.8 Å². The van der Waals surface area contributed by atoms with Gasteiger partial charge in [0.25, 0.3) is 5.91 Å². The van der Waals surface area contributed by atoms with Crippen LogP contribution in [-0.2, 0) is 4.79 Å². The molecule has 0 saturated heterocycles. The van der Waals surface area contributed by atoms with Crippen molar-refractivity contribution in [1.29, 1.82) is 0 Å². The minimum Gasteiger partial charge on any atom is -0.508 e. The molecule has 0 aromatic heterocycles. The number of hydrogen-bond donors (Lipinski definition) is 3. The Morgan fingerprint density at radius 2 is 1.81 bits per heavy atom. The Morgan fingerprint density at radius 3 is 2.58 bits per heavy atom. The van der Waals surface area contributed by atoms with E-state index < -0.39 is 0 Å². The second-order valence-corrected chi connectivity index (χ2v) is 5.82. The molecule has 0 spiro atoms. The first-order valence-electron chi connectivity index (χ1n) is 8.59. The lowest BCUT2D eigenvalue weighted by molar-refractivity contribution is -0.121. The van der Waals surface area contributed by atoms with E-state index >= 15 is 0 Å². The second kappa shape index (κ2) is 10.7. The Bertz CT molecular complexity index is 745. The molecule has 0 radical (unpaired) electrons. The third kappa shape index (κ3) is 7.17. The molecule has 0 aliphatic heterocycles. The summed E-state index contributed by atoms with van der Waals surface area (Å²) in [5, 5.41) is 16.1. The minimum atomic E-state index is -0.158. The minimum absolute atomic E-state index is 0.0790. The van der Waals surface area contributed by atoms with Gasteiger partial charge in [0.1, 0.15) is 5.75 Å². The largest absolute Gasteiger partial charge is 0.508 e. The smallest absolute Gasteiger partial charge is 0.251 e. The zero-order valence-corrected chi connectivity index (χ0v) is 14.5. The van der Waals surface area contributed by atoms with Crippen molar-refractivity contribution in [1.82, 2.24) is 10.7 Å². The summed E-state index contributed by atoms with van der Waals surface area (Å²) in [5.74, 6) is -0.0843. The number of rotatable bonds is 9. The molecule has 0 atom stereocenters. The number of nitrogens with one attached hydrogen (secondary N) is 2. The third-order valence-corrected chi connectivity index (χ3v) is 3.68. The van der Waals surface area contributed by atoms with Crippen LogP contribution in [0.4, 0.5) is 0 Å². The van der Waals surface area contributed by atoms with Gasteiger partial charge in [0.15, 0.2) is 0 Å². The van der Waals surface area contributed by atoms with Crippen molar-refractivity contribution in [3.63, 3.8) is 0 Å². The summed E-state index contributed by atoms with van der Waals surface area (Å²) >= 11 is 0. The molecule has 0 bridgehead atoms. The molecule has 6 heteroatoms. The van der Waals surface area contributed by atoms with Crippen LogP contribution >= 0.6 is 0 Å². The fourth-order valence-corrected chi connectivity index (χ4v) is 2.32. The standard InChI is InChI=1S/C20H23N3O3/c24-18-11-7-8-16(14-18)15-22-23-19(25)12-5-2-6-13-21-20(26)17-9-3-1-4-10-17/h1,3-4,7-11,14-15,24H,2,5-6,12-13H2,(H,21,26)(H,23,25). The summed E-state index contributed by atoms with van der Waals surface area (Å²) in [7, 11) is 0. The molecule has 0 aliphatic rings. The number of benzene rings is 2. The van der Waals surface area contributed by atoms with Gasteiger partial charge in [0.05, 0.1) is 6.21 Å². The Balaban J connectivity index is 1.54. The van der Waals surface area contributed by atoms with E-state index in [-0.39, 0.29) is 17.6 Å². The maximum atomic E-state index is 11.8. The van der Waals surface area contributed by atoms with Crippen molar-refractivity contribution in [3.8, 4) is 5.75 Å². The topological polar surface area (TPSA) is 90.8 Å². The number of hydrazone groups is 1. The SMILES string of the molecule is O=C(CCCCCNC(=O)c1ccccc1)NN=Cc1cccc(O)c1. The predicted molar refractivity (Wildman–Crippen MR) is 101 cm³/mol. The zero-order chi connectivity index (χ0) is 18.6. The van der Waals surface area contributed by atoms with E-state index in [1.165, 1.54) is 6.21 Å². The molecule has 0 heterocycles. The van der Waals surface area contributed by atoms with Gasteiger partial charge in [-0.15, -0.1) is 0 Å². The number of carbonyl (C=O) groups is 2. The fraction of sp³-hybridized carbons (Fsp3) is 0.250. The molecular formula is C20H23N3O3. The first-order chi connectivity index (χ1) is 12.6. The average Bonchev–Trinajstić information content (AvgIpc) is 2.65. The van der Waals surface area contributed by atoms with E-state index in [1.807, 2.05) is 18.2 Å². The average molecular weight is 353 g/mol. The Hall–Kier alpha value is -3.15. The van der Waals surface area contributed by atoms with Crippen LogP contribution in [0.2, 0.25) is 0 Å². The molecule has 3 N–H and O–H groups in total. The summed E-state index contributed by atoms with van der Waals surface area (Å²) < 4.78 is 0. The highest BCUT2D eigenvalue weighted by Gasteiger charge is 2.03. The molecule has 6 nitrogen and oxygen atoms in total. The van der Waals surface area contributed by atoms with Crippen LogP contribution in [-0.4, -0.2) is 29.7 Å². The van der Waals surface area contributed by atoms with Crippen molar-refractivity contribution in [2.45, 2.75) is 25.7 Å². The van der Waals surface area contributed by atoms with E-state index in [1.54, 1.807) is 36.4 Å². The van der Waals surface area contributed by atoms with Crippen molar-refractivity contribution in [3.05, 3.63) is 65.7 Å². The molecule has 0 fully saturated rings.